The van der Waals surface area contributed by atoms with Gasteiger partial charge in [0.05, 0.1) is 11.8 Å². The maximum Gasteiger partial charge on any atom is 0.248 e. The summed E-state index contributed by atoms with van der Waals surface area (Å²) >= 11 is 0. The van der Waals surface area contributed by atoms with Crippen LogP contribution in [0.5, 0.6) is 0 Å². The summed E-state index contributed by atoms with van der Waals surface area (Å²) in [6, 6.07) is -2.14. The van der Waals surface area contributed by atoms with Gasteiger partial charge in [-0.25, -0.2) is 4.68 Å². The summed E-state index contributed by atoms with van der Waals surface area (Å²) in [5.74, 6) is -0.482. The second-order valence-electron chi connectivity index (χ2n) is 10.6. The minimum absolute atomic E-state index is 0.00138. The van der Waals surface area contributed by atoms with Crippen LogP contribution in [0.25, 0.3) is 0 Å². The Morgan fingerprint density at radius 2 is 2.00 bits per heavy atom. The standard InChI is InChI=1S/C22H34N6O4/c1-12-7-8-23-20(31)17(12)24-19(30)16-9-14(29)10-27(16)21(32)18(22(2,3)4)28-11-15(25-26-28)13-5-6-13/h11-14,16-18,29H,5-10H2,1-4H3,(H,23,31)(H,24,30)/t12?,14?,16?,17?,18-/m1/s1. The van der Waals surface area contributed by atoms with Crippen molar-refractivity contribution in [2.45, 2.75) is 83.5 Å². The van der Waals surface area contributed by atoms with Crippen molar-refractivity contribution in [3.63, 3.8) is 0 Å². The molecule has 176 valence electrons. The molecule has 1 aromatic heterocycles. The van der Waals surface area contributed by atoms with Crippen LogP contribution >= 0.6 is 0 Å². The second-order valence-corrected chi connectivity index (χ2v) is 10.6. The first kappa shape index (κ1) is 22.7. The van der Waals surface area contributed by atoms with Crippen LogP contribution in [0.3, 0.4) is 0 Å². The number of nitrogens with zero attached hydrogens (tertiary/aromatic N) is 4. The molecule has 0 radical (unpaired) electrons. The van der Waals surface area contributed by atoms with Crippen molar-refractivity contribution in [1.29, 1.82) is 0 Å². The Labute approximate surface area is 188 Å². The summed E-state index contributed by atoms with van der Waals surface area (Å²) in [5.41, 5.74) is 0.401. The molecule has 4 rings (SSSR count). The van der Waals surface area contributed by atoms with Gasteiger partial charge >= 0.3 is 0 Å². The van der Waals surface area contributed by atoms with Gasteiger partial charge in [0.2, 0.25) is 17.7 Å². The van der Waals surface area contributed by atoms with Crippen molar-refractivity contribution in [2.75, 3.05) is 13.1 Å². The van der Waals surface area contributed by atoms with E-state index in [1.54, 1.807) is 4.68 Å². The molecular weight excluding hydrogens is 412 g/mol. The first-order valence-electron chi connectivity index (χ1n) is 11.5. The number of amides is 3. The minimum atomic E-state index is -0.837. The number of likely N-dealkylation sites (tertiary alicyclic amines) is 1. The third-order valence-electron chi connectivity index (χ3n) is 6.76. The normalized spacial score (nSPS) is 29.5. The summed E-state index contributed by atoms with van der Waals surface area (Å²) in [4.78, 5) is 40.6. The fraction of sp³-hybridized carbons (Fsp3) is 0.773. The van der Waals surface area contributed by atoms with Gasteiger partial charge < -0.3 is 20.6 Å². The number of carbonyl (C=O) groups excluding carboxylic acids is 3. The Balaban J connectivity index is 1.55. The SMILES string of the molecule is CC1CCNC(=O)C1NC(=O)C1CC(O)CN1C(=O)[C@@H](n1cc(C2CC2)nn1)C(C)(C)C. The molecule has 3 aliphatic rings. The van der Waals surface area contributed by atoms with Gasteiger partial charge in [0.25, 0.3) is 0 Å². The van der Waals surface area contributed by atoms with E-state index >= 15 is 0 Å². The number of rotatable bonds is 5. The molecule has 4 unspecified atom stereocenters. The highest BCUT2D eigenvalue weighted by atomic mass is 16.3. The van der Waals surface area contributed by atoms with Crippen molar-refractivity contribution in [1.82, 2.24) is 30.5 Å². The van der Waals surface area contributed by atoms with Crippen LogP contribution in [0.4, 0.5) is 0 Å². The van der Waals surface area contributed by atoms with E-state index in [1.807, 2.05) is 33.9 Å². The molecule has 5 atom stereocenters. The quantitative estimate of drug-likeness (QED) is 0.598. The van der Waals surface area contributed by atoms with Gasteiger partial charge in [0, 0.05) is 31.6 Å². The van der Waals surface area contributed by atoms with Crippen LogP contribution in [0.1, 0.15) is 71.0 Å². The average molecular weight is 447 g/mol. The predicted molar refractivity (Wildman–Crippen MR) is 115 cm³/mol. The molecule has 3 N–H and O–H groups in total. The number of carbonyl (C=O) groups is 3. The number of nitrogens with one attached hydrogen (secondary N) is 2. The highest BCUT2D eigenvalue weighted by Gasteiger charge is 2.46. The lowest BCUT2D eigenvalue weighted by atomic mass is 9.85. The zero-order valence-electron chi connectivity index (χ0n) is 19.2. The molecule has 0 bridgehead atoms. The molecular formula is C22H34N6O4. The Hall–Kier alpha value is -2.49. The largest absolute Gasteiger partial charge is 0.391 e. The molecule has 32 heavy (non-hydrogen) atoms. The van der Waals surface area contributed by atoms with Gasteiger partial charge in [0.1, 0.15) is 18.1 Å². The lowest BCUT2D eigenvalue weighted by Gasteiger charge is -2.35. The predicted octanol–water partition coefficient (Wildman–Crippen LogP) is 0.345. The molecule has 1 saturated carbocycles. The highest BCUT2D eigenvalue weighted by Crippen LogP contribution is 2.40. The zero-order valence-corrected chi connectivity index (χ0v) is 19.2. The van der Waals surface area contributed by atoms with E-state index in [0.717, 1.165) is 25.0 Å². The molecule has 3 heterocycles. The number of piperidine rings is 1. The van der Waals surface area contributed by atoms with Crippen molar-refractivity contribution in [3.8, 4) is 0 Å². The zero-order chi connectivity index (χ0) is 23.2. The average Bonchev–Trinajstić information content (AvgIpc) is 3.31. The first-order valence-corrected chi connectivity index (χ1v) is 11.5. The van der Waals surface area contributed by atoms with Crippen LogP contribution in [0.2, 0.25) is 0 Å². The van der Waals surface area contributed by atoms with Gasteiger partial charge in [-0.15, -0.1) is 5.10 Å². The van der Waals surface area contributed by atoms with Gasteiger partial charge in [-0.1, -0.05) is 32.9 Å². The third kappa shape index (κ3) is 4.51. The lowest BCUT2D eigenvalue weighted by molar-refractivity contribution is -0.145. The lowest BCUT2D eigenvalue weighted by Crippen LogP contribution is -2.58. The monoisotopic (exact) mass is 446 g/mol. The van der Waals surface area contributed by atoms with Crippen LogP contribution in [-0.4, -0.2) is 74.0 Å². The molecule has 3 fully saturated rings. The maximum atomic E-state index is 13.7. The maximum absolute atomic E-state index is 13.7. The summed E-state index contributed by atoms with van der Waals surface area (Å²) in [6.07, 6.45) is 4.11. The third-order valence-corrected chi connectivity index (χ3v) is 6.76. The minimum Gasteiger partial charge on any atom is -0.391 e. The molecule has 0 aromatic carbocycles. The molecule has 10 heteroatoms. The number of β-amino-alcohol motifs (C(OH)–C–C–N with tert-alkyl or cyclic N) is 1. The summed E-state index contributed by atoms with van der Waals surface area (Å²) in [5, 5.41) is 24.4. The van der Waals surface area contributed by atoms with Crippen LogP contribution in [-0.2, 0) is 14.4 Å². The molecule has 1 aromatic rings. The Bertz CT molecular complexity index is 889. The van der Waals surface area contributed by atoms with Crippen molar-refractivity contribution < 1.29 is 19.5 Å². The summed E-state index contributed by atoms with van der Waals surface area (Å²) in [6.45, 7) is 8.43. The van der Waals surface area contributed by atoms with Gasteiger partial charge in [-0.3, -0.25) is 14.4 Å². The van der Waals surface area contributed by atoms with E-state index in [0.29, 0.717) is 12.5 Å². The fourth-order valence-electron chi connectivity index (χ4n) is 4.74. The van der Waals surface area contributed by atoms with Crippen molar-refractivity contribution in [2.24, 2.45) is 11.3 Å². The molecule has 1 aliphatic carbocycles. The van der Waals surface area contributed by atoms with Crippen molar-refractivity contribution >= 4 is 17.7 Å². The Kier molecular flexibility index (Phi) is 6.00. The van der Waals surface area contributed by atoms with Crippen molar-refractivity contribution in [3.05, 3.63) is 11.9 Å². The van der Waals surface area contributed by atoms with Crippen LogP contribution in [0, 0.1) is 11.3 Å². The topological polar surface area (TPSA) is 129 Å². The molecule has 10 nitrogen and oxygen atoms in total. The molecule has 0 spiro atoms. The smallest absolute Gasteiger partial charge is 0.248 e. The summed E-state index contributed by atoms with van der Waals surface area (Å²) < 4.78 is 1.60. The molecule has 2 saturated heterocycles. The van der Waals surface area contributed by atoms with E-state index in [4.69, 9.17) is 0 Å². The second kappa shape index (κ2) is 8.46. The number of aromatic nitrogens is 3. The summed E-state index contributed by atoms with van der Waals surface area (Å²) in [7, 11) is 0. The van der Waals surface area contributed by atoms with E-state index < -0.39 is 35.6 Å². The number of hydrogen-bond donors (Lipinski definition) is 3. The van der Waals surface area contributed by atoms with E-state index in [9.17, 15) is 19.5 Å². The van der Waals surface area contributed by atoms with Crippen LogP contribution < -0.4 is 10.6 Å². The van der Waals surface area contributed by atoms with E-state index in [1.165, 1.54) is 4.90 Å². The molecule has 3 amide bonds. The Morgan fingerprint density at radius 3 is 2.62 bits per heavy atom. The number of hydrogen-bond acceptors (Lipinski definition) is 6. The van der Waals surface area contributed by atoms with Gasteiger partial charge in [0.15, 0.2) is 0 Å². The van der Waals surface area contributed by atoms with Crippen LogP contribution in [0.15, 0.2) is 6.20 Å². The van der Waals surface area contributed by atoms with E-state index in [-0.39, 0.29) is 30.7 Å². The van der Waals surface area contributed by atoms with Gasteiger partial charge in [-0.2, -0.15) is 0 Å². The van der Waals surface area contributed by atoms with Gasteiger partial charge in [-0.05, 0) is 30.6 Å². The first-order chi connectivity index (χ1) is 15.1. The molecule has 2 aliphatic heterocycles. The van der Waals surface area contributed by atoms with E-state index in [2.05, 4.69) is 20.9 Å². The number of aliphatic hydroxyl groups is 1. The highest BCUT2D eigenvalue weighted by molar-refractivity contribution is 5.93. The fourth-order valence-corrected chi connectivity index (χ4v) is 4.74. The Morgan fingerprint density at radius 1 is 1.28 bits per heavy atom. The number of aliphatic hydroxyl groups excluding tert-OH is 1.